The summed E-state index contributed by atoms with van der Waals surface area (Å²) in [6.07, 6.45) is 4.71. The van der Waals surface area contributed by atoms with E-state index in [0.717, 1.165) is 36.3 Å². The van der Waals surface area contributed by atoms with Gasteiger partial charge in [-0.2, -0.15) is 0 Å². The lowest BCUT2D eigenvalue weighted by molar-refractivity contribution is 0.0948. The van der Waals surface area contributed by atoms with Crippen LogP contribution in [0.4, 0.5) is 0 Å². The summed E-state index contributed by atoms with van der Waals surface area (Å²) in [7, 11) is 1.63. The zero-order chi connectivity index (χ0) is 14.8. The van der Waals surface area contributed by atoms with Crippen molar-refractivity contribution < 1.29 is 9.53 Å². The molecule has 3 rings (SSSR count). The van der Waals surface area contributed by atoms with E-state index in [2.05, 4.69) is 11.1 Å². The fourth-order valence-electron chi connectivity index (χ4n) is 3.04. The monoisotopic (exact) mass is 281 g/mol. The first-order valence-corrected chi connectivity index (χ1v) is 7.33. The van der Waals surface area contributed by atoms with Crippen molar-refractivity contribution in [3.63, 3.8) is 0 Å². The molecule has 0 saturated heterocycles. The van der Waals surface area contributed by atoms with Crippen LogP contribution in [0.2, 0.25) is 0 Å². The van der Waals surface area contributed by atoms with Crippen molar-refractivity contribution in [2.24, 2.45) is 0 Å². The van der Waals surface area contributed by atoms with Crippen molar-refractivity contribution in [1.82, 2.24) is 4.98 Å². The minimum Gasteiger partial charge on any atom is -0.496 e. The number of Topliss-reactive ketones (excluding diaryl/α,β-unsaturated/α-hetero) is 1. The van der Waals surface area contributed by atoms with E-state index in [4.69, 9.17) is 4.74 Å². The van der Waals surface area contributed by atoms with Gasteiger partial charge in [0.15, 0.2) is 5.78 Å². The van der Waals surface area contributed by atoms with Gasteiger partial charge in [0.25, 0.3) is 0 Å². The Morgan fingerprint density at radius 1 is 1.33 bits per heavy atom. The van der Waals surface area contributed by atoms with Gasteiger partial charge in [0.05, 0.1) is 18.7 Å². The summed E-state index contributed by atoms with van der Waals surface area (Å²) in [6.45, 7) is 1.98. The minimum atomic E-state index is -0.123. The number of ether oxygens (including phenoxy) is 1. The Morgan fingerprint density at radius 3 is 3.00 bits per heavy atom. The number of fused-ring (bicyclic) bond motifs is 1. The second-order valence-corrected chi connectivity index (χ2v) is 5.54. The summed E-state index contributed by atoms with van der Waals surface area (Å²) < 4.78 is 5.32. The van der Waals surface area contributed by atoms with Gasteiger partial charge in [0.1, 0.15) is 5.75 Å². The molecule has 0 radical (unpaired) electrons. The number of hydrogen-bond acceptors (Lipinski definition) is 3. The van der Waals surface area contributed by atoms with E-state index < -0.39 is 0 Å². The Labute approximate surface area is 125 Å². The lowest BCUT2D eigenvalue weighted by Gasteiger charge is -2.23. The number of benzene rings is 1. The van der Waals surface area contributed by atoms with Gasteiger partial charge in [-0.1, -0.05) is 18.2 Å². The molecule has 1 unspecified atom stereocenters. The summed E-state index contributed by atoms with van der Waals surface area (Å²) >= 11 is 0. The van der Waals surface area contributed by atoms with Crippen molar-refractivity contribution >= 4 is 5.78 Å². The number of pyridine rings is 1. The van der Waals surface area contributed by atoms with Gasteiger partial charge < -0.3 is 4.74 Å². The first kappa shape index (κ1) is 13.8. The van der Waals surface area contributed by atoms with Crippen molar-refractivity contribution in [3.05, 3.63) is 58.9 Å². The molecule has 0 N–H and O–H groups in total. The average molecular weight is 281 g/mol. The van der Waals surface area contributed by atoms with Crippen LogP contribution in [-0.2, 0) is 6.42 Å². The Hall–Kier alpha value is -2.16. The van der Waals surface area contributed by atoms with Gasteiger partial charge in [-0.3, -0.25) is 9.78 Å². The molecule has 0 bridgehead atoms. The van der Waals surface area contributed by atoms with Gasteiger partial charge in [-0.05, 0) is 49.4 Å². The molecule has 0 spiro atoms. The molecule has 0 fully saturated rings. The van der Waals surface area contributed by atoms with E-state index in [1.165, 1.54) is 5.56 Å². The smallest absolute Gasteiger partial charge is 0.172 e. The molecule has 1 aromatic carbocycles. The summed E-state index contributed by atoms with van der Waals surface area (Å²) in [5.41, 5.74) is 3.91. The maximum Gasteiger partial charge on any atom is 0.172 e. The molecule has 3 nitrogen and oxygen atoms in total. The van der Waals surface area contributed by atoms with Gasteiger partial charge in [0, 0.05) is 11.8 Å². The number of aryl methyl sites for hydroxylation is 2. The molecule has 1 aliphatic rings. The molecule has 0 saturated carbocycles. The van der Waals surface area contributed by atoms with Crippen LogP contribution in [-0.4, -0.2) is 17.9 Å². The number of carbonyl (C=O) groups is 1. The predicted octanol–water partition coefficient (Wildman–Crippen LogP) is 3.70. The van der Waals surface area contributed by atoms with E-state index in [0.29, 0.717) is 5.56 Å². The van der Waals surface area contributed by atoms with E-state index >= 15 is 0 Å². The van der Waals surface area contributed by atoms with Crippen LogP contribution in [0.5, 0.6) is 5.75 Å². The molecule has 0 amide bonds. The zero-order valence-electron chi connectivity index (χ0n) is 12.4. The first-order chi connectivity index (χ1) is 10.2. The zero-order valence-corrected chi connectivity index (χ0v) is 12.4. The SMILES string of the molecule is COc1cc(C(=O)C2CCCc3cccnc32)ccc1C. The fraction of sp³-hybridized carbons (Fsp3) is 0.333. The second-order valence-electron chi connectivity index (χ2n) is 5.54. The van der Waals surface area contributed by atoms with Gasteiger partial charge in [-0.25, -0.2) is 0 Å². The van der Waals surface area contributed by atoms with Crippen molar-refractivity contribution in [3.8, 4) is 5.75 Å². The lowest BCUT2D eigenvalue weighted by Crippen LogP contribution is -2.20. The lowest BCUT2D eigenvalue weighted by atomic mass is 9.82. The Kier molecular flexibility index (Phi) is 3.74. The Balaban J connectivity index is 1.96. The molecular weight excluding hydrogens is 262 g/mol. The number of nitrogens with zero attached hydrogens (tertiary/aromatic N) is 1. The fourth-order valence-corrected chi connectivity index (χ4v) is 3.04. The highest BCUT2D eigenvalue weighted by Crippen LogP contribution is 2.33. The molecule has 1 aromatic heterocycles. The molecular formula is C18H19NO2. The summed E-state index contributed by atoms with van der Waals surface area (Å²) in [4.78, 5) is 17.3. The van der Waals surface area contributed by atoms with Crippen LogP contribution in [0.3, 0.4) is 0 Å². The van der Waals surface area contributed by atoms with Crippen molar-refractivity contribution in [2.45, 2.75) is 32.1 Å². The van der Waals surface area contributed by atoms with Crippen LogP contribution in [0.1, 0.15) is 45.9 Å². The van der Waals surface area contributed by atoms with Crippen LogP contribution < -0.4 is 4.74 Å². The quantitative estimate of drug-likeness (QED) is 0.805. The molecule has 1 aliphatic carbocycles. The number of carbonyl (C=O) groups excluding carboxylic acids is 1. The second kappa shape index (κ2) is 5.68. The van der Waals surface area contributed by atoms with Gasteiger partial charge in [-0.15, -0.1) is 0 Å². The summed E-state index contributed by atoms with van der Waals surface area (Å²) in [5.74, 6) is 0.785. The van der Waals surface area contributed by atoms with Crippen LogP contribution in [0.25, 0.3) is 0 Å². The molecule has 1 atom stereocenters. The molecule has 0 aliphatic heterocycles. The molecule has 21 heavy (non-hydrogen) atoms. The number of aromatic nitrogens is 1. The Morgan fingerprint density at radius 2 is 2.19 bits per heavy atom. The van der Waals surface area contributed by atoms with Crippen LogP contribution >= 0.6 is 0 Å². The molecule has 108 valence electrons. The average Bonchev–Trinajstić information content (AvgIpc) is 2.54. The van der Waals surface area contributed by atoms with E-state index in [-0.39, 0.29) is 11.7 Å². The van der Waals surface area contributed by atoms with Crippen LogP contribution in [0.15, 0.2) is 36.5 Å². The highest BCUT2D eigenvalue weighted by molar-refractivity contribution is 6.01. The van der Waals surface area contributed by atoms with E-state index in [9.17, 15) is 4.79 Å². The third-order valence-corrected chi connectivity index (χ3v) is 4.20. The largest absolute Gasteiger partial charge is 0.496 e. The topological polar surface area (TPSA) is 39.2 Å². The highest BCUT2D eigenvalue weighted by Gasteiger charge is 2.28. The first-order valence-electron chi connectivity index (χ1n) is 7.33. The number of methoxy groups -OCH3 is 1. The molecule has 3 heteroatoms. The molecule has 1 heterocycles. The minimum absolute atomic E-state index is 0.123. The standard InChI is InChI=1S/C18H19NO2/c1-12-8-9-14(11-16(12)21-2)18(20)15-7-3-5-13-6-4-10-19-17(13)15/h4,6,8-11,15H,3,5,7H2,1-2H3. The van der Waals surface area contributed by atoms with Crippen LogP contribution in [0, 0.1) is 6.92 Å². The number of ketones is 1. The highest BCUT2D eigenvalue weighted by atomic mass is 16.5. The number of hydrogen-bond donors (Lipinski definition) is 0. The van der Waals surface area contributed by atoms with E-state index in [1.807, 2.05) is 31.2 Å². The van der Waals surface area contributed by atoms with Crippen molar-refractivity contribution in [2.75, 3.05) is 7.11 Å². The maximum atomic E-state index is 12.8. The van der Waals surface area contributed by atoms with E-state index in [1.54, 1.807) is 13.3 Å². The third kappa shape index (κ3) is 2.56. The number of rotatable bonds is 3. The molecule has 2 aromatic rings. The van der Waals surface area contributed by atoms with Gasteiger partial charge in [0.2, 0.25) is 0 Å². The normalized spacial score (nSPS) is 17.1. The predicted molar refractivity (Wildman–Crippen MR) is 82.0 cm³/mol. The van der Waals surface area contributed by atoms with Crippen molar-refractivity contribution in [1.29, 1.82) is 0 Å². The maximum absolute atomic E-state index is 12.8. The van der Waals surface area contributed by atoms with Gasteiger partial charge >= 0.3 is 0 Å². The Bertz CT molecular complexity index is 679. The summed E-state index contributed by atoms with van der Waals surface area (Å²) in [6, 6.07) is 9.69. The summed E-state index contributed by atoms with van der Waals surface area (Å²) in [5, 5.41) is 0. The third-order valence-electron chi connectivity index (χ3n) is 4.20.